The van der Waals surface area contributed by atoms with E-state index < -0.39 is 5.41 Å². The van der Waals surface area contributed by atoms with E-state index in [9.17, 15) is 5.26 Å². The fourth-order valence-corrected chi connectivity index (χ4v) is 5.38. The Hall–Kier alpha value is -1.78. The Bertz CT molecular complexity index is 877. The summed E-state index contributed by atoms with van der Waals surface area (Å²) in [4.78, 5) is 0. The quantitative estimate of drug-likeness (QED) is 0.480. The summed E-state index contributed by atoms with van der Waals surface area (Å²) < 4.78 is 1.09. The minimum absolute atomic E-state index is 0.672. The van der Waals surface area contributed by atoms with Gasteiger partial charge in [-0.2, -0.15) is 5.26 Å². The normalized spacial score (nSPS) is 15.6. The Labute approximate surface area is 162 Å². The van der Waals surface area contributed by atoms with Crippen molar-refractivity contribution < 1.29 is 0 Å². The van der Waals surface area contributed by atoms with E-state index in [-0.39, 0.29) is 0 Å². The van der Waals surface area contributed by atoms with E-state index in [0.717, 1.165) is 32.4 Å². The van der Waals surface area contributed by atoms with Crippen LogP contribution in [-0.4, -0.2) is 11.5 Å². The van der Waals surface area contributed by atoms with Crippen LogP contribution in [0.4, 0.5) is 0 Å². The topological polar surface area (TPSA) is 23.8 Å². The first-order valence-electron chi connectivity index (χ1n) is 7.88. The molecule has 3 rings (SSSR count). The molecule has 4 heteroatoms. The predicted molar refractivity (Wildman–Crippen MR) is 110 cm³/mol. The van der Waals surface area contributed by atoms with Gasteiger partial charge in [-0.1, -0.05) is 53.8 Å². The summed E-state index contributed by atoms with van der Waals surface area (Å²) in [6, 6.07) is 19.9. The predicted octanol–water partition coefficient (Wildman–Crippen LogP) is 5.86. The standard InChI is InChI=1S/C21H16ClNS2/c1-21(17-7-9-18(22)10-8-17,12-11-16-5-3-2-4-6-16)19(15-23)20-24-13-14-25-20/h2-10H,13-14H2,1H3. The van der Waals surface area contributed by atoms with Crippen LogP contribution >= 0.6 is 35.1 Å². The largest absolute Gasteiger partial charge is 0.193 e. The third-order valence-corrected chi connectivity index (χ3v) is 6.98. The Morgan fingerprint density at radius 3 is 2.28 bits per heavy atom. The van der Waals surface area contributed by atoms with Crippen LogP contribution < -0.4 is 0 Å². The second-order valence-electron chi connectivity index (χ2n) is 5.72. The molecule has 1 nitrogen and oxygen atoms in total. The van der Waals surface area contributed by atoms with Gasteiger partial charge in [-0.05, 0) is 36.8 Å². The average molecular weight is 382 g/mol. The summed E-state index contributed by atoms with van der Waals surface area (Å²) >= 11 is 9.55. The highest BCUT2D eigenvalue weighted by atomic mass is 35.5. The van der Waals surface area contributed by atoms with Crippen LogP contribution in [-0.2, 0) is 5.41 Å². The molecule has 1 aliphatic rings. The van der Waals surface area contributed by atoms with Crippen molar-refractivity contribution in [3.8, 4) is 17.9 Å². The highest BCUT2D eigenvalue weighted by Crippen LogP contribution is 2.45. The van der Waals surface area contributed by atoms with Crippen molar-refractivity contribution in [2.75, 3.05) is 11.5 Å². The smallest absolute Gasteiger partial charge is 0.0984 e. The molecule has 1 aliphatic heterocycles. The van der Waals surface area contributed by atoms with Gasteiger partial charge in [0.25, 0.3) is 0 Å². The summed E-state index contributed by atoms with van der Waals surface area (Å²) in [5, 5.41) is 10.6. The Balaban J connectivity index is 2.15. The molecule has 25 heavy (non-hydrogen) atoms. The van der Waals surface area contributed by atoms with Crippen molar-refractivity contribution in [2.24, 2.45) is 0 Å². The molecular weight excluding hydrogens is 366 g/mol. The van der Waals surface area contributed by atoms with Crippen molar-refractivity contribution in [3.05, 3.63) is 80.6 Å². The van der Waals surface area contributed by atoms with Crippen LogP contribution in [0.2, 0.25) is 5.02 Å². The number of benzene rings is 2. The number of nitrogens with zero attached hydrogens (tertiary/aromatic N) is 1. The van der Waals surface area contributed by atoms with E-state index >= 15 is 0 Å². The van der Waals surface area contributed by atoms with Crippen molar-refractivity contribution in [1.82, 2.24) is 0 Å². The lowest BCUT2D eigenvalue weighted by atomic mass is 9.77. The van der Waals surface area contributed by atoms with Gasteiger partial charge in [0, 0.05) is 22.1 Å². The summed E-state index contributed by atoms with van der Waals surface area (Å²) in [6.45, 7) is 2.02. The maximum absolute atomic E-state index is 9.91. The summed E-state index contributed by atoms with van der Waals surface area (Å²) in [5.74, 6) is 8.70. The van der Waals surface area contributed by atoms with Gasteiger partial charge in [0.2, 0.25) is 0 Å². The number of nitriles is 1. The molecule has 124 valence electrons. The third kappa shape index (κ3) is 4.07. The van der Waals surface area contributed by atoms with E-state index in [0.29, 0.717) is 5.02 Å². The van der Waals surface area contributed by atoms with Crippen LogP contribution in [0.1, 0.15) is 18.1 Å². The maximum Gasteiger partial charge on any atom is 0.0984 e. The lowest BCUT2D eigenvalue weighted by molar-refractivity contribution is 0.756. The van der Waals surface area contributed by atoms with Crippen LogP contribution in [0, 0.1) is 23.2 Å². The van der Waals surface area contributed by atoms with Gasteiger partial charge in [-0.3, -0.25) is 0 Å². The van der Waals surface area contributed by atoms with Crippen molar-refractivity contribution in [1.29, 1.82) is 5.26 Å². The molecule has 1 fully saturated rings. The molecule has 2 aromatic carbocycles. The molecule has 0 N–H and O–H groups in total. The van der Waals surface area contributed by atoms with Gasteiger partial charge < -0.3 is 0 Å². The van der Waals surface area contributed by atoms with E-state index in [1.165, 1.54) is 0 Å². The number of rotatable bonds is 2. The number of allylic oxidation sites excluding steroid dienone is 1. The van der Waals surface area contributed by atoms with Gasteiger partial charge in [-0.15, -0.1) is 23.5 Å². The fourth-order valence-electron chi connectivity index (χ4n) is 2.60. The zero-order chi connectivity index (χ0) is 17.7. The van der Waals surface area contributed by atoms with Crippen molar-refractivity contribution in [2.45, 2.75) is 12.3 Å². The van der Waals surface area contributed by atoms with Crippen LogP contribution in [0.25, 0.3) is 0 Å². The van der Waals surface area contributed by atoms with Crippen molar-refractivity contribution in [3.63, 3.8) is 0 Å². The lowest BCUT2D eigenvalue weighted by Gasteiger charge is -2.25. The van der Waals surface area contributed by atoms with Gasteiger partial charge in [-0.25, -0.2) is 0 Å². The molecule has 1 saturated heterocycles. The Morgan fingerprint density at radius 2 is 1.68 bits per heavy atom. The summed E-state index contributed by atoms with van der Waals surface area (Å²) in [5.41, 5.74) is 1.98. The average Bonchev–Trinajstić information content (AvgIpc) is 3.16. The van der Waals surface area contributed by atoms with Crippen LogP contribution in [0.3, 0.4) is 0 Å². The molecule has 0 aliphatic carbocycles. The zero-order valence-electron chi connectivity index (χ0n) is 13.8. The number of thioether (sulfide) groups is 2. The molecule has 0 spiro atoms. The second-order valence-corrected chi connectivity index (χ2v) is 8.62. The van der Waals surface area contributed by atoms with Crippen LogP contribution in [0.5, 0.6) is 0 Å². The molecule has 0 amide bonds. The minimum atomic E-state index is -0.672. The third-order valence-electron chi connectivity index (χ3n) is 4.02. The molecule has 0 aromatic heterocycles. The summed E-state index contributed by atoms with van der Waals surface area (Å²) in [7, 11) is 0. The van der Waals surface area contributed by atoms with Gasteiger partial charge in [0.1, 0.15) is 0 Å². The van der Waals surface area contributed by atoms with E-state index in [1.807, 2.05) is 61.5 Å². The molecule has 1 atom stereocenters. The molecule has 1 heterocycles. The van der Waals surface area contributed by atoms with Gasteiger partial charge >= 0.3 is 0 Å². The molecule has 1 unspecified atom stereocenters. The second kappa shape index (κ2) is 8.07. The molecule has 0 saturated carbocycles. The number of halogens is 1. The van der Waals surface area contributed by atoms with E-state index in [4.69, 9.17) is 11.6 Å². The fraction of sp³-hybridized carbons (Fsp3) is 0.190. The first-order chi connectivity index (χ1) is 12.1. The first kappa shape index (κ1) is 18.0. The van der Waals surface area contributed by atoms with E-state index in [1.54, 1.807) is 23.5 Å². The molecular formula is C21H16ClNS2. The first-order valence-corrected chi connectivity index (χ1v) is 10.2. The lowest BCUT2D eigenvalue weighted by Crippen LogP contribution is -2.23. The molecule has 0 radical (unpaired) electrons. The maximum atomic E-state index is 9.91. The van der Waals surface area contributed by atoms with Gasteiger partial charge in [0.15, 0.2) is 0 Å². The molecule has 2 aromatic rings. The molecule has 0 bridgehead atoms. The van der Waals surface area contributed by atoms with Crippen molar-refractivity contribution >= 4 is 35.1 Å². The monoisotopic (exact) mass is 381 g/mol. The van der Waals surface area contributed by atoms with E-state index in [2.05, 4.69) is 17.9 Å². The zero-order valence-corrected chi connectivity index (χ0v) is 16.1. The Morgan fingerprint density at radius 1 is 1.04 bits per heavy atom. The number of hydrogen-bond acceptors (Lipinski definition) is 3. The Kier molecular flexibility index (Phi) is 5.82. The highest BCUT2D eigenvalue weighted by molar-refractivity contribution is 8.25. The minimum Gasteiger partial charge on any atom is -0.193 e. The summed E-state index contributed by atoms with van der Waals surface area (Å²) in [6.07, 6.45) is 0. The SMILES string of the molecule is CC(C#Cc1ccccc1)(C(C#N)=C1SCCS1)c1ccc(Cl)cc1. The highest BCUT2D eigenvalue weighted by Gasteiger charge is 2.33. The van der Waals surface area contributed by atoms with Crippen LogP contribution in [0.15, 0.2) is 64.4 Å². The van der Waals surface area contributed by atoms with Gasteiger partial charge in [0.05, 0.1) is 21.3 Å². The number of hydrogen-bond donors (Lipinski definition) is 0.